The number of rotatable bonds is 5. The van der Waals surface area contributed by atoms with E-state index in [0.29, 0.717) is 12.4 Å². The quantitative estimate of drug-likeness (QED) is 0.229. The minimum Gasteiger partial charge on any atom is -0.277 e. The second kappa shape index (κ2) is 7.97. The molecule has 2 rings (SSSR count). The molecule has 0 saturated carbocycles. The van der Waals surface area contributed by atoms with Crippen LogP contribution in [0.5, 0.6) is 0 Å². The third kappa shape index (κ3) is 4.41. The number of amidine groups is 1. The van der Waals surface area contributed by atoms with Crippen molar-refractivity contribution in [3.8, 4) is 6.19 Å². The first-order chi connectivity index (χ1) is 9.90. The number of benzene rings is 1. The number of hydrogen-bond acceptors (Lipinski definition) is 4. The number of thioether (sulfide) groups is 1. The van der Waals surface area contributed by atoms with Crippen LogP contribution in [0.25, 0.3) is 0 Å². The number of aromatic nitrogens is 1. The summed E-state index contributed by atoms with van der Waals surface area (Å²) in [5.74, 6) is 1.45. The van der Waals surface area contributed by atoms with Gasteiger partial charge in [-0.15, -0.1) is 11.8 Å². The molecule has 0 radical (unpaired) electrons. The molecule has 1 heterocycles. The van der Waals surface area contributed by atoms with Gasteiger partial charge in [0.2, 0.25) is 0 Å². The summed E-state index contributed by atoms with van der Waals surface area (Å²) in [6.45, 7) is 0.645. The maximum Gasteiger partial charge on any atom is 0.182 e. The zero-order valence-electron chi connectivity index (χ0n) is 10.9. The van der Waals surface area contributed by atoms with Crippen LogP contribution < -0.4 is 5.32 Å². The highest BCUT2D eigenvalue weighted by Gasteiger charge is 2.01. The molecule has 1 N–H and O–H groups in total. The molecule has 100 valence electrons. The first-order valence-electron chi connectivity index (χ1n) is 6.18. The lowest BCUT2D eigenvalue weighted by molar-refractivity contribution is 1.10. The second-order valence-corrected chi connectivity index (χ2v) is 5.03. The molecule has 4 nitrogen and oxygen atoms in total. The molecule has 5 heteroatoms. The van der Waals surface area contributed by atoms with Crippen LogP contribution in [0.4, 0.5) is 0 Å². The molecule has 0 aliphatic heterocycles. The number of hydrogen-bond donors (Lipinski definition) is 1. The molecular weight excluding hydrogens is 268 g/mol. The van der Waals surface area contributed by atoms with E-state index in [9.17, 15) is 0 Å². The topological polar surface area (TPSA) is 61.1 Å². The lowest BCUT2D eigenvalue weighted by Crippen LogP contribution is -2.19. The monoisotopic (exact) mass is 282 g/mol. The van der Waals surface area contributed by atoms with Crippen LogP contribution >= 0.6 is 11.8 Å². The summed E-state index contributed by atoms with van der Waals surface area (Å²) >= 11 is 1.75. The van der Waals surface area contributed by atoms with Gasteiger partial charge in [0.05, 0.1) is 6.54 Å². The maximum atomic E-state index is 8.77. The highest BCUT2D eigenvalue weighted by Crippen LogP contribution is 2.16. The lowest BCUT2D eigenvalue weighted by Gasteiger charge is -2.04. The summed E-state index contributed by atoms with van der Waals surface area (Å²) in [7, 11) is 0. The van der Waals surface area contributed by atoms with E-state index in [-0.39, 0.29) is 0 Å². The first-order valence-corrected chi connectivity index (χ1v) is 7.16. The van der Waals surface area contributed by atoms with Crippen molar-refractivity contribution < 1.29 is 0 Å². The van der Waals surface area contributed by atoms with Crippen LogP contribution in [0.1, 0.15) is 5.56 Å². The summed E-state index contributed by atoms with van der Waals surface area (Å²) in [6, 6.07) is 13.8. The van der Waals surface area contributed by atoms with Crippen LogP contribution in [0, 0.1) is 11.5 Å². The van der Waals surface area contributed by atoms with Crippen molar-refractivity contribution in [2.75, 3.05) is 12.3 Å². The molecule has 0 bridgehead atoms. The highest BCUT2D eigenvalue weighted by molar-refractivity contribution is 7.99. The summed E-state index contributed by atoms with van der Waals surface area (Å²) in [4.78, 5) is 9.61. The molecule has 1 aromatic heterocycles. The smallest absolute Gasteiger partial charge is 0.182 e. The molecule has 0 saturated heterocycles. The van der Waals surface area contributed by atoms with Gasteiger partial charge < -0.3 is 0 Å². The minimum absolute atomic E-state index is 0.587. The van der Waals surface area contributed by atoms with Crippen molar-refractivity contribution in [2.24, 2.45) is 4.99 Å². The van der Waals surface area contributed by atoms with Gasteiger partial charge in [-0.3, -0.25) is 15.3 Å². The molecule has 0 unspecified atom stereocenters. The van der Waals surface area contributed by atoms with E-state index in [4.69, 9.17) is 5.26 Å². The molecule has 0 spiro atoms. The number of nitriles is 1. The Morgan fingerprint density at radius 3 is 2.65 bits per heavy atom. The fourth-order valence-corrected chi connectivity index (χ4v) is 2.37. The standard InChI is InChI=1S/C15H14N4S/c16-12-19-15(13-6-8-17-9-7-13)18-10-11-20-14-4-2-1-3-5-14/h1-9H,10-11H2,(H,18,19). The normalized spacial score (nSPS) is 10.8. The molecule has 0 atom stereocenters. The van der Waals surface area contributed by atoms with Crippen molar-refractivity contribution in [2.45, 2.75) is 4.90 Å². The molecule has 0 amide bonds. The summed E-state index contributed by atoms with van der Waals surface area (Å²) < 4.78 is 0. The average Bonchev–Trinajstić information content (AvgIpc) is 2.52. The molecule has 1 aromatic carbocycles. The zero-order chi connectivity index (χ0) is 14.0. The maximum absolute atomic E-state index is 8.77. The predicted octanol–water partition coefficient (Wildman–Crippen LogP) is 2.69. The van der Waals surface area contributed by atoms with Gasteiger partial charge in [-0.05, 0) is 24.3 Å². The number of aliphatic imine (C=N–C) groups is 1. The van der Waals surface area contributed by atoms with E-state index in [0.717, 1.165) is 11.3 Å². The lowest BCUT2D eigenvalue weighted by atomic mass is 10.2. The second-order valence-electron chi connectivity index (χ2n) is 3.86. The summed E-state index contributed by atoms with van der Waals surface area (Å²) in [5.41, 5.74) is 0.867. The van der Waals surface area contributed by atoms with Gasteiger partial charge in [-0.2, -0.15) is 5.26 Å². The Hall–Kier alpha value is -2.32. The van der Waals surface area contributed by atoms with Gasteiger partial charge in [0.25, 0.3) is 0 Å². The van der Waals surface area contributed by atoms with E-state index in [1.54, 1.807) is 24.2 Å². The number of nitrogens with one attached hydrogen (secondary N) is 1. The molecule has 20 heavy (non-hydrogen) atoms. The fraction of sp³-hybridized carbons (Fsp3) is 0.133. The van der Waals surface area contributed by atoms with E-state index < -0.39 is 0 Å². The van der Waals surface area contributed by atoms with Crippen LogP contribution in [0.15, 0.2) is 64.7 Å². The van der Waals surface area contributed by atoms with Crippen LogP contribution in [-0.2, 0) is 0 Å². The van der Waals surface area contributed by atoms with E-state index in [1.807, 2.05) is 36.5 Å². The molecular formula is C15H14N4S. The molecule has 0 aliphatic carbocycles. The van der Waals surface area contributed by atoms with E-state index >= 15 is 0 Å². The molecule has 0 aliphatic rings. The summed E-state index contributed by atoms with van der Waals surface area (Å²) in [6.07, 6.45) is 5.28. The van der Waals surface area contributed by atoms with Crippen molar-refractivity contribution in [3.63, 3.8) is 0 Å². The third-order valence-corrected chi connectivity index (χ3v) is 3.49. The Morgan fingerprint density at radius 1 is 1.20 bits per heavy atom. The van der Waals surface area contributed by atoms with Gasteiger partial charge in [0.15, 0.2) is 6.19 Å². The Morgan fingerprint density at radius 2 is 1.95 bits per heavy atom. The predicted molar refractivity (Wildman–Crippen MR) is 81.6 cm³/mol. The van der Waals surface area contributed by atoms with Gasteiger partial charge in [-0.1, -0.05) is 18.2 Å². The Labute approximate surface area is 122 Å². The van der Waals surface area contributed by atoms with Crippen LogP contribution in [0.3, 0.4) is 0 Å². The number of pyridine rings is 1. The van der Waals surface area contributed by atoms with Crippen molar-refractivity contribution in [1.82, 2.24) is 10.3 Å². The van der Waals surface area contributed by atoms with Crippen LogP contribution in [0.2, 0.25) is 0 Å². The largest absolute Gasteiger partial charge is 0.277 e. The van der Waals surface area contributed by atoms with Gasteiger partial charge in [0.1, 0.15) is 5.84 Å². The Kier molecular flexibility index (Phi) is 5.62. The molecule has 2 aromatic rings. The van der Waals surface area contributed by atoms with Crippen molar-refractivity contribution in [3.05, 3.63) is 60.4 Å². The van der Waals surface area contributed by atoms with Gasteiger partial charge in [-0.25, -0.2) is 0 Å². The van der Waals surface area contributed by atoms with E-state index in [1.165, 1.54) is 4.90 Å². The minimum atomic E-state index is 0.587. The van der Waals surface area contributed by atoms with Gasteiger partial charge in [0, 0.05) is 28.6 Å². The van der Waals surface area contributed by atoms with Gasteiger partial charge >= 0.3 is 0 Å². The summed E-state index contributed by atoms with van der Waals surface area (Å²) in [5, 5.41) is 11.4. The zero-order valence-corrected chi connectivity index (χ0v) is 11.7. The first kappa shape index (κ1) is 14.1. The van der Waals surface area contributed by atoms with Crippen molar-refractivity contribution in [1.29, 1.82) is 5.26 Å². The van der Waals surface area contributed by atoms with Crippen molar-refractivity contribution >= 4 is 17.6 Å². The van der Waals surface area contributed by atoms with E-state index in [2.05, 4.69) is 27.4 Å². The number of nitrogens with zero attached hydrogens (tertiary/aromatic N) is 3. The van der Waals surface area contributed by atoms with Crippen LogP contribution in [-0.4, -0.2) is 23.1 Å². The Balaban J connectivity index is 1.92. The third-order valence-electron chi connectivity index (χ3n) is 2.50. The molecule has 0 fully saturated rings. The average molecular weight is 282 g/mol. The SMILES string of the molecule is N#CNC(=NCCSc1ccccc1)c1ccncc1. The highest BCUT2D eigenvalue weighted by atomic mass is 32.2. The fourth-order valence-electron chi connectivity index (χ4n) is 1.60. The Bertz CT molecular complexity index is 590.